The molecule has 1 aliphatic heterocycles. The molecule has 0 amide bonds. The zero-order chi connectivity index (χ0) is 7.40. The van der Waals surface area contributed by atoms with Crippen LogP contribution in [0.4, 0.5) is 0 Å². The normalized spacial score (nSPS) is 32.8. The Hall–Kier alpha value is -0.470. The highest BCUT2D eigenvalue weighted by Crippen LogP contribution is 2.11. The van der Waals surface area contributed by atoms with Crippen molar-refractivity contribution in [3.05, 3.63) is 0 Å². The number of aliphatic imine (C=N–C) groups is 1. The van der Waals surface area contributed by atoms with Crippen molar-refractivity contribution in [3.8, 4) is 0 Å². The summed E-state index contributed by atoms with van der Waals surface area (Å²) in [6.07, 6.45) is 3.09. The van der Waals surface area contributed by atoms with Crippen molar-refractivity contribution < 1.29 is 9.00 Å². The molecule has 1 heterocycles. The lowest BCUT2D eigenvalue weighted by Gasteiger charge is -2.14. The number of hydrogen-bond acceptors (Lipinski definition) is 3. The summed E-state index contributed by atoms with van der Waals surface area (Å²) in [6, 6.07) is 0.0928. The molecule has 0 unspecified atom stereocenters. The van der Waals surface area contributed by atoms with Crippen LogP contribution in [0, 0.1) is 0 Å². The number of hydrogen-bond donors (Lipinski definition) is 0. The molecule has 0 aromatic rings. The van der Waals surface area contributed by atoms with Crippen LogP contribution in [-0.2, 0) is 15.6 Å². The molecule has 1 rings (SSSR count). The van der Waals surface area contributed by atoms with Gasteiger partial charge in [0.05, 0.1) is 6.04 Å². The van der Waals surface area contributed by atoms with Crippen molar-refractivity contribution in [2.45, 2.75) is 18.9 Å². The first-order valence-electron chi connectivity index (χ1n) is 3.25. The van der Waals surface area contributed by atoms with Crippen molar-refractivity contribution in [1.29, 1.82) is 0 Å². The second kappa shape index (κ2) is 3.64. The smallest absolute Gasteiger partial charge is 0.235 e. The molecule has 0 bridgehead atoms. The summed E-state index contributed by atoms with van der Waals surface area (Å²) < 4.78 is 10.8. The van der Waals surface area contributed by atoms with Gasteiger partial charge in [0.1, 0.15) is 0 Å². The molecule has 1 saturated heterocycles. The molecule has 0 saturated carbocycles. The van der Waals surface area contributed by atoms with Crippen LogP contribution in [0.1, 0.15) is 12.8 Å². The molecule has 3 nitrogen and oxygen atoms in total. The summed E-state index contributed by atoms with van der Waals surface area (Å²) in [7, 11) is -0.654. The standard InChI is InChI=1S/C6H9NO2S/c8-5-7-6-1-3-10(9)4-2-6/h6H,1-4H2. The van der Waals surface area contributed by atoms with Crippen LogP contribution in [0.5, 0.6) is 0 Å². The topological polar surface area (TPSA) is 46.5 Å². The summed E-state index contributed by atoms with van der Waals surface area (Å²) in [4.78, 5) is 13.4. The quantitative estimate of drug-likeness (QED) is 0.406. The second-order valence-corrected chi connectivity index (χ2v) is 4.00. The van der Waals surface area contributed by atoms with Crippen molar-refractivity contribution in [2.75, 3.05) is 11.5 Å². The van der Waals surface area contributed by atoms with Crippen molar-refractivity contribution in [3.63, 3.8) is 0 Å². The van der Waals surface area contributed by atoms with E-state index in [9.17, 15) is 9.00 Å². The maximum Gasteiger partial charge on any atom is 0.235 e. The van der Waals surface area contributed by atoms with Gasteiger partial charge in [-0.2, -0.15) is 0 Å². The number of carbonyl (C=O) groups excluding carboxylic acids is 1. The first-order valence-corrected chi connectivity index (χ1v) is 4.73. The Morgan fingerprint density at radius 3 is 2.50 bits per heavy atom. The summed E-state index contributed by atoms with van der Waals surface area (Å²) in [6.45, 7) is 0. The van der Waals surface area contributed by atoms with E-state index in [0.29, 0.717) is 11.5 Å². The Kier molecular flexibility index (Phi) is 2.78. The van der Waals surface area contributed by atoms with Crippen LogP contribution < -0.4 is 0 Å². The predicted molar refractivity (Wildman–Crippen MR) is 39.0 cm³/mol. The first kappa shape index (κ1) is 7.63. The average Bonchev–Trinajstić information content (AvgIpc) is 1.95. The van der Waals surface area contributed by atoms with E-state index in [2.05, 4.69) is 4.99 Å². The van der Waals surface area contributed by atoms with Gasteiger partial charge >= 0.3 is 0 Å². The van der Waals surface area contributed by atoms with E-state index in [1.54, 1.807) is 0 Å². The highest BCUT2D eigenvalue weighted by molar-refractivity contribution is 7.85. The van der Waals surface area contributed by atoms with Gasteiger partial charge in [0.15, 0.2) is 0 Å². The fraction of sp³-hybridized carbons (Fsp3) is 0.833. The van der Waals surface area contributed by atoms with Crippen LogP contribution in [0.3, 0.4) is 0 Å². The summed E-state index contributed by atoms with van der Waals surface area (Å²) >= 11 is 0. The zero-order valence-corrected chi connectivity index (χ0v) is 6.39. The van der Waals surface area contributed by atoms with E-state index < -0.39 is 10.8 Å². The molecule has 0 aromatic carbocycles. The Balaban J connectivity index is 2.39. The number of nitrogens with zero attached hydrogens (tertiary/aromatic N) is 1. The lowest BCUT2D eigenvalue weighted by atomic mass is 10.2. The fourth-order valence-electron chi connectivity index (χ4n) is 0.985. The number of isocyanates is 1. The first-order chi connectivity index (χ1) is 4.83. The van der Waals surface area contributed by atoms with Gasteiger partial charge in [0.25, 0.3) is 0 Å². The van der Waals surface area contributed by atoms with E-state index in [1.807, 2.05) is 0 Å². The Bertz CT molecular complexity index is 176. The molecule has 0 aromatic heterocycles. The molecular formula is C6H9NO2S. The predicted octanol–water partition coefficient (Wildman–Crippen LogP) is 0.233. The van der Waals surface area contributed by atoms with E-state index in [0.717, 1.165) is 12.8 Å². The van der Waals surface area contributed by atoms with Crippen molar-refractivity contribution in [2.24, 2.45) is 4.99 Å². The van der Waals surface area contributed by atoms with E-state index >= 15 is 0 Å². The molecule has 0 atom stereocenters. The molecule has 0 N–H and O–H groups in total. The summed E-state index contributed by atoms with van der Waals surface area (Å²) in [5, 5.41) is 0. The SMILES string of the molecule is O=C=NC1CCS(=O)CC1. The van der Waals surface area contributed by atoms with E-state index in [1.165, 1.54) is 6.08 Å². The Morgan fingerprint density at radius 2 is 2.00 bits per heavy atom. The Labute approximate surface area is 62.0 Å². The van der Waals surface area contributed by atoms with Gasteiger partial charge in [-0.25, -0.2) is 9.79 Å². The molecule has 1 aliphatic rings. The van der Waals surface area contributed by atoms with Crippen LogP contribution in [0.15, 0.2) is 4.99 Å². The molecule has 56 valence electrons. The third-order valence-electron chi connectivity index (χ3n) is 1.59. The molecule has 1 fully saturated rings. The lowest BCUT2D eigenvalue weighted by Crippen LogP contribution is -2.20. The van der Waals surface area contributed by atoms with Gasteiger partial charge in [-0.3, -0.25) is 4.21 Å². The van der Waals surface area contributed by atoms with Gasteiger partial charge in [0, 0.05) is 22.3 Å². The molecular weight excluding hydrogens is 150 g/mol. The molecule has 0 aliphatic carbocycles. The zero-order valence-electron chi connectivity index (χ0n) is 5.58. The van der Waals surface area contributed by atoms with Crippen LogP contribution in [0.25, 0.3) is 0 Å². The van der Waals surface area contributed by atoms with E-state index in [-0.39, 0.29) is 6.04 Å². The van der Waals surface area contributed by atoms with Crippen molar-refractivity contribution >= 4 is 16.9 Å². The minimum atomic E-state index is -0.654. The molecule has 0 radical (unpaired) electrons. The minimum Gasteiger partial charge on any atom is -0.260 e. The van der Waals surface area contributed by atoms with Crippen molar-refractivity contribution in [1.82, 2.24) is 0 Å². The third kappa shape index (κ3) is 2.05. The molecule has 10 heavy (non-hydrogen) atoms. The monoisotopic (exact) mass is 159 g/mol. The minimum absolute atomic E-state index is 0.0928. The van der Waals surface area contributed by atoms with Gasteiger partial charge in [-0.15, -0.1) is 0 Å². The maximum atomic E-state index is 10.8. The van der Waals surface area contributed by atoms with Crippen LogP contribution in [-0.4, -0.2) is 27.8 Å². The number of rotatable bonds is 1. The largest absolute Gasteiger partial charge is 0.260 e. The molecule has 0 spiro atoms. The fourth-order valence-corrected chi connectivity index (χ4v) is 2.26. The van der Waals surface area contributed by atoms with E-state index in [4.69, 9.17) is 0 Å². The maximum absolute atomic E-state index is 10.8. The Morgan fingerprint density at radius 1 is 1.40 bits per heavy atom. The average molecular weight is 159 g/mol. The van der Waals surface area contributed by atoms with Gasteiger partial charge in [-0.1, -0.05) is 0 Å². The van der Waals surface area contributed by atoms with Gasteiger partial charge in [-0.05, 0) is 12.8 Å². The highest BCUT2D eigenvalue weighted by atomic mass is 32.2. The summed E-state index contributed by atoms with van der Waals surface area (Å²) in [5.74, 6) is 1.38. The highest BCUT2D eigenvalue weighted by Gasteiger charge is 2.16. The van der Waals surface area contributed by atoms with Crippen LogP contribution in [0.2, 0.25) is 0 Å². The van der Waals surface area contributed by atoms with Gasteiger partial charge < -0.3 is 0 Å². The van der Waals surface area contributed by atoms with Crippen LogP contribution >= 0.6 is 0 Å². The second-order valence-electron chi connectivity index (χ2n) is 2.30. The third-order valence-corrected chi connectivity index (χ3v) is 2.97. The summed E-state index contributed by atoms with van der Waals surface area (Å²) in [5.41, 5.74) is 0. The molecule has 4 heteroatoms. The van der Waals surface area contributed by atoms with Gasteiger partial charge in [0.2, 0.25) is 6.08 Å². The lowest BCUT2D eigenvalue weighted by molar-refractivity contribution is 0.546.